The number of rotatable bonds is 6. The van der Waals surface area contributed by atoms with Gasteiger partial charge in [0.15, 0.2) is 22.1 Å². The molecule has 0 saturated carbocycles. The number of nitrogens with two attached hydrogens (primary N) is 1. The molecule has 3 aromatic rings. The summed E-state index contributed by atoms with van der Waals surface area (Å²) in [7, 11) is 0. The van der Waals surface area contributed by atoms with E-state index >= 15 is 0 Å². The van der Waals surface area contributed by atoms with Gasteiger partial charge in [-0.1, -0.05) is 69.6 Å². The van der Waals surface area contributed by atoms with Gasteiger partial charge in [0, 0.05) is 16.5 Å². The van der Waals surface area contributed by atoms with E-state index in [1.807, 2.05) is 12.1 Å². The van der Waals surface area contributed by atoms with Crippen molar-refractivity contribution >= 4 is 46.4 Å². The summed E-state index contributed by atoms with van der Waals surface area (Å²) in [5.74, 6) is 0.405. The van der Waals surface area contributed by atoms with Crippen molar-refractivity contribution in [1.82, 2.24) is 19.5 Å². The molecular weight excluding hydrogens is 390 g/mol. The molecule has 3 rings (SSSR count). The summed E-state index contributed by atoms with van der Waals surface area (Å²) in [6.07, 6.45) is 7.91. The lowest BCUT2D eigenvalue weighted by atomic mass is 9.95. The third kappa shape index (κ3) is 5.06. The molecular formula is C21H26ClN5S. The summed E-state index contributed by atoms with van der Waals surface area (Å²) in [6.45, 7) is 9.52. The second kappa shape index (κ2) is 8.53. The molecule has 2 heterocycles. The Labute approximate surface area is 175 Å². The number of nitrogen functional groups attached to an aromatic ring is 1. The fraction of sp³-hybridized carbons (Fsp3) is 0.381. The first kappa shape index (κ1) is 20.7. The first-order chi connectivity index (χ1) is 13.3. The van der Waals surface area contributed by atoms with Gasteiger partial charge in [0.25, 0.3) is 0 Å². The van der Waals surface area contributed by atoms with E-state index in [-0.39, 0.29) is 5.41 Å². The van der Waals surface area contributed by atoms with Gasteiger partial charge in [-0.15, -0.1) is 0 Å². The van der Waals surface area contributed by atoms with Crippen molar-refractivity contribution in [2.45, 2.75) is 57.1 Å². The van der Waals surface area contributed by atoms with Crippen LogP contribution in [0.25, 0.3) is 17.2 Å². The Morgan fingerprint density at radius 3 is 2.71 bits per heavy atom. The summed E-state index contributed by atoms with van der Waals surface area (Å²) < 4.78 is 2.12. The fourth-order valence-corrected chi connectivity index (χ4v) is 4.05. The van der Waals surface area contributed by atoms with Crippen LogP contribution >= 0.6 is 23.4 Å². The molecule has 0 aliphatic carbocycles. The number of imidazole rings is 1. The topological polar surface area (TPSA) is 69.6 Å². The monoisotopic (exact) mass is 415 g/mol. The molecule has 5 nitrogen and oxygen atoms in total. The molecule has 0 aliphatic heterocycles. The Bertz CT molecular complexity index is 1000. The number of fused-ring (bicyclic) bond motifs is 1. The van der Waals surface area contributed by atoms with Gasteiger partial charge in [-0.2, -0.15) is 0 Å². The lowest BCUT2D eigenvalue weighted by Gasteiger charge is -2.11. The number of allylic oxidation sites excluding steroid dienone is 1. The largest absolute Gasteiger partial charge is 0.382 e. The molecule has 2 N–H and O–H groups in total. The van der Waals surface area contributed by atoms with Crippen molar-refractivity contribution in [2.24, 2.45) is 5.41 Å². The van der Waals surface area contributed by atoms with Crippen LogP contribution in [0, 0.1) is 5.41 Å². The molecule has 148 valence electrons. The van der Waals surface area contributed by atoms with E-state index in [2.05, 4.69) is 60.4 Å². The van der Waals surface area contributed by atoms with Crippen molar-refractivity contribution in [2.75, 3.05) is 5.73 Å². The van der Waals surface area contributed by atoms with E-state index in [9.17, 15) is 0 Å². The lowest BCUT2D eigenvalue weighted by Crippen LogP contribution is -2.01. The first-order valence-electron chi connectivity index (χ1n) is 9.41. The Balaban J connectivity index is 1.99. The van der Waals surface area contributed by atoms with Gasteiger partial charge in [-0.05, 0) is 35.6 Å². The van der Waals surface area contributed by atoms with Crippen LogP contribution in [0.5, 0.6) is 0 Å². The van der Waals surface area contributed by atoms with Gasteiger partial charge < -0.3 is 10.3 Å². The molecule has 0 radical (unpaired) electrons. The molecule has 0 aliphatic rings. The number of benzene rings is 1. The predicted molar refractivity (Wildman–Crippen MR) is 119 cm³/mol. The molecule has 28 heavy (non-hydrogen) atoms. The number of unbranched alkanes of at least 4 members (excludes halogenated alkanes) is 1. The molecule has 7 heteroatoms. The minimum absolute atomic E-state index is 0.111. The normalized spacial score (nSPS) is 12.3. The van der Waals surface area contributed by atoms with Gasteiger partial charge in [-0.3, -0.25) is 0 Å². The van der Waals surface area contributed by atoms with E-state index in [1.165, 1.54) is 6.33 Å². The quantitative estimate of drug-likeness (QED) is 0.528. The molecule has 2 aromatic heterocycles. The average molecular weight is 416 g/mol. The van der Waals surface area contributed by atoms with Gasteiger partial charge in [-0.25, -0.2) is 15.0 Å². The number of hydrogen-bond acceptors (Lipinski definition) is 5. The van der Waals surface area contributed by atoms with Crippen molar-refractivity contribution < 1.29 is 0 Å². The molecule has 0 bridgehead atoms. The highest BCUT2D eigenvalue weighted by Gasteiger charge is 2.16. The summed E-state index contributed by atoms with van der Waals surface area (Å²) in [6, 6.07) is 6.05. The summed E-state index contributed by atoms with van der Waals surface area (Å²) in [4.78, 5) is 14.2. The molecule has 0 spiro atoms. The minimum Gasteiger partial charge on any atom is -0.382 e. The highest BCUT2D eigenvalue weighted by atomic mass is 35.5. The Kier molecular flexibility index (Phi) is 6.30. The standard InChI is InChI=1S/C21H26ClN5S/c1-5-6-9-27-19-17(18(23)24-13-25-19)26-20(27)28-16-11-14(10-15(22)12-16)7-8-21(2,3)4/h7-8,10-13H,5-6,9H2,1-4H3,(H2,23,24,25). The number of hydrogen-bond donors (Lipinski definition) is 1. The average Bonchev–Trinajstić information content (AvgIpc) is 2.96. The summed E-state index contributed by atoms with van der Waals surface area (Å²) >= 11 is 7.95. The second-order valence-corrected chi connectivity index (χ2v) is 9.33. The Morgan fingerprint density at radius 1 is 1.21 bits per heavy atom. The maximum absolute atomic E-state index is 6.38. The summed E-state index contributed by atoms with van der Waals surface area (Å²) in [5, 5.41) is 1.55. The number of aromatic nitrogens is 4. The van der Waals surface area contributed by atoms with E-state index in [4.69, 9.17) is 22.3 Å². The van der Waals surface area contributed by atoms with E-state index in [0.29, 0.717) is 16.4 Å². The maximum atomic E-state index is 6.38. The Hall–Kier alpha value is -2.05. The molecule has 0 saturated heterocycles. The summed E-state index contributed by atoms with van der Waals surface area (Å²) in [5.41, 5.74) is 8.63. The van der Waals surface area contributed by atoms with E-state index in [0.717, 1.165) is 40.6 Å². The third-order valence-electron chi connectivity index (χ3n) is 4.14. The van der Waals surface area contributed by atoms with Crippen LogP contribution in [-0.2, 0) is 6.54 Å². The Morgan fingerprint density at radius 2 is 2.00 bits per heavy atom. The number of nitrogens with zero attached hydrogens (tertiary/aromatic N) is 4. The van der Waals surface area contributed by atoms with Crippen molar-refractivity contribution in [3.8, 4) is 0 Å². The van der Waals surface area contributed by atoms with Crippen molar-refractivity contribution in [1.29, 1.82) is 0 Å². The number of aryl methyl sites for hydroxylation is 1. The van der Waals surface area contributed by atoms with Gasteiger partial charge >= 0.3 is 0 Å². The van der Waals surface area contributed by atoms with Crippen LogP contribution in [-0.4, -0.2) is 19.5 Å². The van der Waals surface area contributed by atoms with E-state index < -0.39 is 0 Å². The molecule has 1 aromatic carbocycles. The van der Waals surface area contributed by atoms with Gasteiger partial charge in [0.2, 0.25) is 0 Å². The number of anilines is 1. The molecule has 0 amide bonds. The second-order valence-electron chi connectivity index (χ2n) is 7.85. The van der Waals surface area contributed by atoms with Gasteiger partial charge in [0.1, 0.15) is 6.33 Å². The zero-order valence-corrected chi connectivity index (χ0v) is 18.3. The first-order valence-corrected chi connectivity index (χ1v) is 10.6. The molecule has 0 fully saturated rings. The van der Waals surface area contributed by atoms with Crippen LogP contribution in [0.15, 0.2) is 40.7 Å². The predicted octanol–water partition coefficient (Wildman–Crippen LogP) is 6.07. The van der Waals surface area contributed by atoms with Crippen LogP contribution in [0.1, 0.15) is 46.1 Å². The van der Waals surface area contributed by atoms with Crippen LogP contribution in [0.3, 0.4) is 0 Å². The molecule has 0 unspecified atom stereocenters. The fourth-order valence-electron chi connectivity index (χ4n) is 2.72. The van der Waals surface area contributed by atoms with Crippen molar-refractivity contribution in [3.05, 3.63) is 41.2 Å². The minimum atomic E-state index is 0.111. The zero-order chi connectivity index (χ0) is 20.3. The van der Waals surface area contributed by atoms with Gasteiger partial charge in [0.05, 0.1) is 0 Å². The maximum Gasteiger partial charge on any atom is 0.175 e. The smallest absolute Gasteiger partial charge is 0.175 e. The highest BCUT2D eigenvalue weighted by molar-refractivity contribution is 7.99. The number of halogens is 1. The zero-order valence-electron chi connectivity index (χ0n) is 16.7. The third-order valence-corrected chi connectivity index (χ3v) is 5.32. The van der Waals surface area contributed by atoms with Crippen LogP contribution in [0.2, 0.25) is 5.02 Å². The van der Waals surface area contributed by atoms with E-state index in [1.54, 1.807) is 11.8 Å². The van der Waals surface area contributed by atoms with Crippen LogP contribution in [0.4, 0.5) is 5.82 Å². The van der Waals surface area contributed by atoms with Crippen molar-refractivity contribution in [3.63, 3.8) is 0 Å². The highest BCUT2D eigenvalue weighted by Crippen LogP contribution is 2.33. The lowest BCUT2D eigenvalue weighted by molar-refractivity contribution is 0.547. The van der Waals surface area contributed by atoms with Crippen LogP contribution < -0.4 is 5.73 Å². The SMILES string of the molecule is CCCCn1c(Sc2cc(Cl)cc(C=CC(C)(C)C)c2)nc2c(N)ncnc21. The molecule has 0 atom stereocenters.